The minimum Gasteiger partial charge on any atom is -0.490 e. The average molecular weight is 669 g/mol. The van der Waals surface area contributed by atoms with Crippen LogP contribution in [0.5, 0.6) is 5.75 Å². The first-order valence-corrected chi connectivity index (χ1v) is 18.8. The van der Waals surface area contributed by atoms with Gasteiger partial charge < -0.3 is 19.5 Å². The molecular formula is C36H45ClN2O6S. The van der Waals surface area contributed by atoms with Gasteiger partial charge in [0.15, 0.2) is 0 Å². The molecule has 0 radical (unpaired) electrons. The number of benzene rings is 2. The molecule has 2 saturated carbocycles. The van der Waals surface area contributed by atoms with Crippen molar-refractivity contribution in [2.24, 2.45) is 17.8 Å². The van der Waals surface area contributed by atoms with Crippen LogP contribution in [-0.2, 0) is 26.6 Å². The number of aliphatic hydroxyl groups excluding tert-OH is 1. The number of fused-ring (bicyclic) bond motifs is 4. The van der Waals surface area contributed by atoms with Gasteiger partial charge in [-0.25, -0.2) is 13.1 Å². The molecule has 10 heteroatoms. The molecule has 0 saturated heterocycles. The molecule has 7 rings (SSSR count). The molecular weight excluding hydrogens is 624 g/mol. The van der Waals surface area contributed by atoms with Crippen LogP contribution in [0.1, 0.15) is 79.3 Å². The second kappa shape index (κ2) is 12.8. The number of halogens is 1. The molecule has 0 aromatic heterocycles. The van der Waals surface area contributed by atoms with Gasteiger partial charge in [-0.2, -0.15) is 0 Å². The van der Waals surface area contributed by atoms with Gasteiger partial charge in [-0.15, -0.1) is 0 Å². The normalized spacial score (nSPS) is 33.3. The molecule has 6 atom stereocenters. The molecule has 2 N–H and O–H groups in total. The number of ether oxygens (including phenoxy) is 2. The number of methoxy groups -OCH3 is 1. The molecule has 248 valence electrons. The Labute approximate surface area is 277 Å². The molecule has 46 heavy (non-hydrogen) atoms. The van der Waals surface area contributed by atoms with E-state index in [-0.39, 0.29) is 28.7 Å². The van der Waals surface area contributed by atoms with Crippen LogP contribution in [0.2, 0.25) is 5.02 Å². The first-order valence-electron chi connectivity index (χ1n) is 16.9. The predicted molar refractivity (Wildman–Crippen MR) is 179 cm³/mol. The fourth-order valence-corrected chi connectivity index (χ4v) is 10.4. The number of hydrogen-bond donors (Lipinski definition) is 2. The predicted octanol–water partition coefficient (Wildman–Crippen LogP) is 5.79. The molecule has 2 aromatic carbocycles. The van der Waals surface area contributed by atoms with Crippen molar-refractivity contribution in [1.29, 1.82) is 0 Å². The molecule has 5 aliphatic rings. The van der Waals surface area contributed by atoms with Gasteiger partial charge >= 0.3 is 0 Å². The fourth-order valence-electron chi connectivity index (χ4n) is 8.50. The van der Waals surface area contributed by atoms with Crippen LogP contribution in [0.3, 0.4) is 0 Å². The zero-order chi connectivity index (χ0) is 32.1. The van der Waals surface area contributed by atoms with Crippen molar-refractivity contribution in [3.63, 3.8) is 0 Å². The summed E-state index contributed by atoms with van der Waals surface area (Å²) in [4.78, 5) is 16.0. The van der Waals surface area contributed by atoms with Gasteiger partial charge in [-0.3, -0.25) is 4.79 Å². The maximum absolute atomic E-state index is 13.9. The Morgan fingerprint density at radius 3 is 2.72 bits per heavy atom. The van der Waals surface area contributed by atoms with E-state index in [2.05, 4.69) is 21.8 Å². The van der Waals surface area contributed by atoms with Gasteiger partial charge in [0.2, 0.25) is 10.0 Å². The van der Waals surface area contributed by atoms with E-state index in [0.717, 1.165) is 62.1 Å². The molecule has 2 heterocycles. The highest BCUT2D eigenvalue weighted by molar-refractivity contribution is 7.90. The lowest BCUT2D eigenvalue weighted by molar-refractivity contribution is 0.0450. The van der Waals surface area contributed by atoms with Crippen molar-refractivity contribution >= 4 is 33.2 Å². The maximum Gasteiger partial charge on any atom is 0.264 e. The number of aryl methyl sites for hydroxylation is 1. The van der Waals surface area contributed by atoms with Gasteiger partial charge in [0.25, 0.3) is 5.91 Å². The van der Waals surface area contributed by atoms with Crippen LogP contribution in [0.15, 0.2) is 48.6 Å². The third-order valence-corrected chi connectivity index (χ3v) is 13.5. The zero-order valence-corrected chi connectivity index (χ0v) is 28.1. The number of rotatable bonds is 3. The maximum atomic E-state index is 13.9. The number of sulfonamides is 1. The summed E-state index contributed by atoms with van der Waals surface area (Å²) in [6.07, 6.45) is 11.1. The molecule has 2 fully saturated rings. The summed E-state index contributed by atoms with van der Waals surface area (Å²) in [6, 6.07) is 11.4. The van der Waals surface area contributed by atoms with Crippen molar-refractivity contribution in [1.82, 2.24) is 4.72 Å². The zero-order valence-electron chi connectivity index (χ0n) is 26.5. The van der Waals surface area contributed by atoms with Crippen LogP contribution in [0, 0.1) is 17.8 Å². The van der Waals surface area contributed by atoms with E-state index in [1.165, 1.54) is 18.2 Å². The highest BCUT2D eigenvalue weighted by Crippen LogP contribution is 2.47. The highest BCUT2D eigenvalue weighted by Gasteiger charge is 2.45. The number of aliphatic hydroxyl groups is 1. The summed E-state index contributed by atoms with van der Waals surface area (Å²) >= 11 is 6.41. The fraction of sp³-hybridized carbons (Fsp3) is 0.583. The standard InChI is InChI=1S/C36H45ClN2O6S/c1-44-33-9-3-8-31(40)28-13-10-26(28)20-39-21-36(16-4-7-24-18-27(37)12-14-29(24)36)22-45-32-15-11-25(19-30(32)39)35(41)38-46(42,43)34(33)17-23-5-2-6-23/h3,8,11-12,14-15,18-19,23,26,28,31,33-34,40H,2,4-7,9-10,13,16-17,20-22H2,1H3,(H,38,41)/b8-3+/t26-,28+,31-,33-,34+,36-/m0/s1. The van der Waals surface area contributed by atoms with Crippen molar-refractivity contribution in [2.75, 3.05) is 31.7 Å². The lowest BCUT2D eigenvalue weighted by Crippen LogP contribution is -2.49. The monoisotopic (exact) mass is 668 g/mol. The smallest absolute Gasteiger partial charge is 0.264 e. The summed E-state index contributed by atoms with van der Waals surface area (Å²) in [5, 5.41) is 11.2. The Kier molecular flexibility index (Phi) is 8.89. The van der Waals surface area contributed by atoms with E-state index in [1.807, 2.05) is 18.2 Å². The van der Waals surface area contributed by atoms with E-state index in [9.17, 15) is 18.3 Å². The van der Waals surface area contributed by atoms with E-state index in [4.69, 9.17) is 21.1 Å². The van der Waals surface area contributed by atoms with Crippen LogP contribution in [0.4, 0.5) is 5.69 Å². The van der Waals surface area contributed by atoms with Crippen LogP contribution >= 0.6 is 11.6 Å². The van der Waals surface area contributed by atoms with Gasteiger partial charge in [0, 0.05) is 36.2 Å². The van der Waals surface area contributed by atoms with E-state index in [1.54, 1.807) is 18.2 Å². The molecule has 8 nitrogen and oxygen atoms in total. The van der Waals surface area contributed by atoms with Gasteiger partial charge in [0.1, 0.15) is 11.0 Å². The Bertz CT molecular complexity index is 1610. The minimum absolute atomic E-state index is 0.0900. The number of anilines is 1. The molecule has 2 bridgehead atoms. The number of carbonyl (C=O) groups excluding carboxylic acids is 1. The summed E-state index contributed by atoms with van der Waals surface area (Å²) < 4.78 is 42.5. The lowest BCUT2D eigenvalue weighted by Gasteiger charge is -2.45. The minimum atomic E-state index is -4.08. The summed E-state index contributed by atoms with van der Waals surface area (Å²) in [6.45, 7) is 1.88. The molecule has 1 amide bonds. The third kappa shape index (κ3) is 6.09. The average Bonchev–Trinajstić information content (AvgIpc) is 3.13. The Balaban J connectivity index is 1.28. The van der Waals surface area contributed by atoms with E-state index in [0.29, 0.717) is 38.3 Å². The van der Waals surface area contributed by atoms with Crippen LogP contribution in [-0.4, -0.2) is 63.7 Å². The molecule has 0 unspecified atom stereocenters. The van der Waals surface area contributed by atoms with Crippen LogP contribution < -0.4 is 14.4 Å². The SMILES string of the molecule is CO[C@H]1C/C=C/[C@H](O)[C@@H]2CC[C@H]2CN2C[C@@]3(CCCc4cc(Cl)ccc43)COc3ccc(cc32)C(=O)NS(=O)(=O)[C@@H]1CC1CCC1. The third-order valence-electron chi connectivity index (χ3n) is 11.5. The Hall–Kier alpha value is -2.59. The quantitative estimate of drug-likeness (QED) is 0.399. The van der Waals surface area contributed by atoms with Crippen LogP contribution in [0.25, 0.3) is 0 Å². The number of hydrogen-bond acceptors (Lipinski definition) is 7. The lowest BCUT2D eigenvalue weighted by atomic mass is 9.68. The summed E-state index contributed by atoms with van der Waals surface area (Å²) in [5.41, 5.74) is 3.29. The topological polar surface area (TPSA) is 105 Å². The number of amides is 1. The van der Waals surface area contributed by atoms with Crippen molar-refractivity contribution in [3.8, 4) is 5.75 Å². The van der Waals surface area contributed by atoms with E-state index >= 15 is 0 Å². The second-order valence-corrected chi connectivity index (χ2v) is 16.6. The number of nitrogens with zero attached hydrogens (tertiary/aromatic N) is 1. The van der Waals surface area contributed by atoms with Gasteiger partial charge in [-0.05, 0) is 104 Å². The summed E-state index contributed by atoms with van der Waals surface area (Å²) in [5.74, 6) is 0.666. The van der Waals surface area contributed by atoms with Crippen molar-refractivity contribution < 1.29 is 27.8 Å². The molecule has 1 spiro atoms. The van der Waals surface area contributed by atoms with Crippen molar-refractivity contribution in [2.45, 2.75) is 87.1 Å². The van der Waals surface area contributed by atoms with Gasteiger partial charge in [-0.1, -0.05) is 49.1 Å². The largest absolute Gasteiger partial charge is 0.490 e. The number of carbonyl (C=O) groups is 1. The van der Waals surface area contributed by atoms with E-state index < -0.39 is 33.4 Å². The highest BCUT2D eigenvalue weighted by atomic mass is 35.5. The molecule has 2 aromatic rings. The number of nitrogens with one attached hydrogen (secondary N) is 1. The van der Waals surface area contributed by atoms with Crippen molar-refractivity contribution in [3.05, 3.63) is 70.3 Å². The first-order chi connectivity index (χ1) is 22.2. The Morgan fingerprint density at radius 2 is 1.98 bits per heavy atom. The molecule has 3 aliphatic carbocycles. The summed E-state index contributed by atoms with van der Waals surface area (Å²) in [7, 11) is -2.56. The first kappa shape index (κ1) is 32.0. The Morgan fingerprint density at radius 1 is 1.13 bits per heavy atom. The van der Waals surface area contributed by atoms with Gasteiger partial charge in [0.05, 0.1) is 24.5 Å². The molecule has 2 aliphatic heterocycles. The second-order valence-electron chi connectivity index (χ2n) is 14.3.